The molecule has 0 radical (unpaired) electrons. The van der Waals surface area contributed by atoms with Gasteiger partial charge >= 0.3 is 0 Å². The summed E-state index contributed by atoms with van der Waals surface area (Å²) in [7, 11) is 0. The first-order valence-electron chi connectivity index (χ1n) is 3.93. The topological polar surface area (TPSA) is 38.5 Å². The van der Waals surface area contributed by atoms with E-state index in [4.69, 9.17) is 10.6 Å². The monoisotopic (exact) mass is 146 g/mol. The van der Waals surface area contributed by atoms with Gasteiger partial charge in [-0.3, -0.25) is 5.84 Å². The average molecular weight is 146 g/mol. The third kappa shape index (κ3) is 3.15. The van der Waals surface area contributed by atoms with Crippen LogP contribution < -0.4 is 5.84 Å². The predicted octanol–water partition coefficient (Wildman–Crippen LogP) is 0.955. The van der Waals surface area contributed by atoms with Crippen LogP contribution in [0.1, 0.15) is 27.2 Å². The molecule has 0 aromatic carbocycles. The number of hydrogen-bond acceptors (Lipinski definition) is 3. The fraction of sp³-hybridized carbons (Fsp3) is 1.00. The van der Waals surface area contributed by atoms with Crippen molar-refractivity contribution in [3.63, 3.8) is 0 Å². The first kappa shape index (κ1) is 9.88. The van der Waals surface area contributed by atoms with E-state index >= 15 is 0 Å². The second-order valence-electron chi connectivity index (χ2n) is 2.06. The fourth-order valence-electron chi connectivity index (χ4n) is 0.779. The molecule has 1 aliphatic heterocycles. The highest BCUT2D eigenvalue weighted by atomic mass is 16.5. The van der Waals surface area contributed by atoms with Crippen LogP contribution in [0.5, 0.6) is 0 Å². The van der Waals surface area contributed by atoms with Crippen molar-refractivity contribution in [2.75, 3.05) is 13.2 Å². The van der Waals surface area contributed by atoms with Crippen LogP contribution >= 0.6 is 0 Å². The van der Waals surface area contributed by atoms with Gasteiger partial charge in [-0.1, -0.05) is 13.8 Å². The van der Waals surface area contributed by atoms with E-state index in [1.165, 1.54) is 0 Å². The average Bonchev–Trinajstić information content (AvgIpc) is 2.00. The summed E-state index contributed by atoms with van der Waals surface area (Å²) in [6.45, 7) is 7.77. The smallest absolute Gasteiger partial charge is 0.119 e. The van der Waals surface area contributed by atoms with E-state index in [1.54, 1.807) is 5.01 Å². The zero-order chi connectivity index (χ0) is 7.98. The van der Waals surface area contributed by atoms with Gasteiger partial charge in [-0.25, -0.2) is 5.01 Å². The van der Waals surface area contributed by atoms with Gasteiger partial charge in [0.1, 0.15) is 6.23 Å². The Bertz CT molecular complexity index is 68.0. The molecule has 0 amide bonds. The number of rotatable bonds is 0. The van der Waals surface area contributed by atoms with E-state index < -0.39 is 0 Å². The predicted molar refractivity (Wildman–Crippen MR) is 42.3 cm³/mol. The van der Waals surface area contributed by atoms with Gasteiger partial charge in [0.05, 0.1) is 0 Å². The van der Waals surface area contributed by atoms with Crippen molar-refractivity contribution in [2.24, 2.45) is 5.84 Å². The first-order valence-corrected chi connectivity index (χ1v) is 3.93. The molecular weight excluding hydrogens is 128 g/mol. The molecule has 0 aromatic rings. The minimum Gasteiger partial charge on any atom is -0.362 e. The van der Waals surface area contributed by atoms with Crippen molar-refractivity contribution in [3.05, 3.63) is 0 Å². The van der Waals surface area contributed by atoms with Gasteiger partial charge in [-0.05, 0) is 13.3 Å². The zero-order valence-corrected chi connectivity index (χ0v) is 7.13. The minimum atomic E-state index is 0.115. The molecule has 1 atom stereocenters. The largest absolute Gasteiger partial charge is 0.362 e. The van der Waals surface area contributed by atoms with Crippen LogP contribution in [0.3, 0.4) is 0 Å². The Labute approximate surface area is 63.1 Å². The Hall–Kier alpha value is -0.120. The van der Waals surface area contributed by atoms with Crippen molar-refractivity contribution < 1.29 is 4.74 Å². The molecule has 0 spiro atoms. The van der Waals surface area contributed by atoms with Crippen LogP contribution in [0, 0.1) is 0 Å². The number of nitrogens with two attached hydrogens (primary N) is 1. The van der Waals surface area contributed by atoms with Crippen LogP contribution in [-0.2, 0) is 4.74 Å². The van der Waals surface area contributed by atoms with Crippen molar-refractivity contribution in [2.45, 2.75) is 33.4 Å². The summed E-state index contributed by atoms with van der Waals surface area (Å²) in [6, 6.07) is 0. The lowest BCUT2D eigenvalue weighted by Crippen LogP contribution is -2.45. The van der Waals surface area contributed by atoms with E-state index in [-0.39, 0.29) is 6.23 Å². The number of hydrogen-bond donors (Lipinski definition) is 1. The molecule has 1 fully saturated rings. The molecule has 0 saturated carbocycles. The van der Waals surface area contributed by atoms with Crippen LogP contribution in [0.2, 0.25) is 0 Å². The first-order chi connectivity index (χ1) is 4.80. The zero-order valence-electron chi connectivity index (χ0n) is 7.13. The molecule has 3 heteroatoms. The van der Waals surface area contributed by atoms with E-state index in [0.29, 0.717) is 0 Å². The molecule has 10 heavy (non-hydrogen) atoms. The standard InChI is InChI=1S/C5H12N2O.C2H6/c1-5-7(6)3-2-4-8-5;1-2/h5H,2-4,6H2,1H3;1-2H3. The van der Waals surface area contributed by atoms with Crippen LogP contribution in [0.25, 0.3) is 0 Å². The van der Waals surface area contributed by atoms with E-state index in [1.807, 2.05) is 20.8 Å². The van der Waals surface area contributed by atoms with Crippen LogP contribution in [-0.4, -0.2) is 24.4 Å². The molecule has 1 saturated heterocycles. The lowest BCUT2D eigenvalue weighted by Gasteiger charge is -2.28. The van der Waals surface area contributed by atoms with Crippen molar-refractivity contribution in [1.29, 1.82) is 0 Å². The van der Waals surface area contributed by atoms with E-state index in [0.717, 1.165) is 19.6 Å². The van der Waals surface area contributed by atoms with Crippen molar-refractivity contribution >= 4 is 0 Å². The Morgan fingerprint density at radius 3 is 2.40 bits per heavy atom. The molecule has 1 aliphatic rings. The maximum Gasteiger partial charge on any atom is 0.119 e. The lowest BCUT2D eigenvalue weighted by molar-refractivity contribution is -0.0844. The van der Waals surface area contributed by atoms with Gasteiger partial charge in [0.2, 0.25) is 0 Å². The molecule has 1 heterocycles. The van der Waals surface area contributed by atoms with Crippen molar-refractivity contribution in [1.82, 2.24) is 5.01 Å². The Balaban J connectivity index is 0.000000371. The van der Waals surface area contributed by atoms with Crippen molar-refractivity contribution in [3.8, 4) is 0 Å². The molecule has 0 aliphatic carbocycles. The van der Waals surface area contributed by atoms with Gasteiger partial charge in [0, 0.05) is 13.2 Å². The second-order valence-corrected chi connectivity index (χ2v) is 2.06. The van der Waals surface area contributed by atoms with Crippen LogP contribution in [0.15, 0.2) is 0 Å². The van der Waals surface area contributed by atoms with E-state index in [9.17, 15) is 0 Å². The normalized spacial score (nSPS) is 27.0. The number of hydrazine groups is 1. The summed E-state index contributed by atoms with van der Waals surface area (Å²) < 4.78 is 5.19. The van der Waals surface area contributed by atoms with Gasteiger partial charge < -0.3 is 4.74 Å². The minimum absolute atomic E-state index is 0.115. The SMILES string of the molecule is CC.CC1OCCCN1N. The van der Waals surface area contributed by atoms with Gasteiger partial charge in [0.15, 0.2) is 0 Å². The number of nitrogens with zero attached hydrogens (tertiary/aromatic N) is 1. The molecule has 1 unspecified atom stereocenters. The van der Waals surface area contributed by atoms with Gasteiger partial charge in [-0.15, -0.1) is 0 Å². The molecule has 62 valence electrons. The third-order valence-electron chi connectivity index (χ3n) is 1.39. The Morgan fingerprint density at radius 1 is 1.50 bits per heavy atom. The summed E-state index contributed by atoms with van der Waals surface area (Å²) in [5.41, 5.74) is 0. The summed E-state index contributed by atoms with van der Waals surface area (Å²) in [5.74, 6) is 5.49. The summed E-state index contributed by atoms with van der Waals surface area (Å²) in [6.07, 6.45) is 1.17. The fourth-order valence-corrected chi connectivity index (χ4v) is 0.779. The van der Waals surface area contributed by atoms with Crippen LogP contribution in [0.4, 0.5) is 0 Å². The highest BCUT2D eigenvalue weighted by Crippen LogP contribution is 2.02. The van der Waals surface area contributed by atoms with E-state index in [2.05, 4.69) is 0 Å². The van der Waals surface area contributed by atoms with Gasteiger partial charge in [0.25, 0.3) is 0 Å². The van der Waals surface area contributed by atoms with Gasteiger partial charge in [-0.2, -0.15) is 0 Å². The molecule has 0 bridgehead atoms. The summed E-state index contributed by atoms with van der Waals surface area (Å²) >= 11 is 0. The maximum atomic E-state index is 5.49. The molecule has 1 rings (SSSR count). The molecule has 2 N–H and O–H groups in total. The summed E-state index contributed by atoms with van der Waals surface area (Å²) in [4.78, 5) is 0. The summed E-state index contributed by atoms with van der Waals surface area (Å²) in [5, 5.41) is 1.71. The lowest BCUT2D eigenvalue weighted by atomic mass is 10.4. The highest BCUT2D eigenvalue weighted by Gasteiger charge is 2.13. The Morgan fingerprint density at radius 2 is 2.10 bits per heavy atom. The number of ether oxygens (including phenoxy) is 1. The Kier molecular flexibility index (Phi) is 5.58. The molecule has 0 aromatic heterocycles. The quantitative estimate of drug-likeness (QED) is 0.517. The second kappa shape index (κ2) is 5.65. The maximum absolute atomic E-state index is 5.49. The molecule has 3 nitrogen and oxygen atoms in total. The highest BCUT2D eigenvalue weighted by molar-refractivity contribution is 4.56. The third-order valence-corrected chi connectivity index (χ3v) is 1.39. The molecular formula is C7H18N2O.